The van der Waals surface area contributed by atoms with E-state index in [0.29, 0.717) is 6.20 Å². The Morgan fingerprint density at radius 3 is 2.32 bits per heavy atom. The molecule has 0 spiro atoms. The Morgan fingerprint density at radius 1 is 1.23 bits per heavy atom. The van der Waals surface area contributed by atoms with Crippen LogP contribution < -0.4 is 5.32 Å². The third-order valence-corrected chi connectivity index (χ3v) is 3.19. The van der Waals surface area contributed by atoms with Gasteiger partial charge in [0.1, 0.15) is 11.9 Å². The highest BCUT2D eigenvalue weighted by Crippen LogP contribution is 2.29. The molecular weight excluding hydrogens is 295 g/mol. The summed E-state index contributed by atoms with van der Waals surface area (Å²) < 4.78 is 39.2. The minimum Gasteiger partial charge on any atom is -0.342 e. The molecule has 2 heterocycles. The minimum atomic E-state index is -4.44. The summed E-state index contributed by atoms with van der Waals surface area (Å²) in [6.45, 7) is 3.79. The average Bonchev–Trinajstić information content (AvgIpc) is 2.91. The van der Waals surface area contributed by atoms with E-state index in [9.17, 15) is 18.0 Å². The van der Waals surface area contributed by atoms with Crippen molar-refractivity contribution in [3.63, 3.8) is 0 Å². The lowest BCUT2D eigenvalue weighted by molar-refractivity contribution is -0.137. The number of anilines is 1. The number of amides is 1. The summed E-state index contributed by atoms with van der Waals surface area (Å²) in [7, 11) is 0. The van der Waals surface area contributed by atoms with Crippen LogP contribution in [0.25, 0.3) is 0 Å². The van der Waals surface area contributed by atoms with Crippen LogP contribution in [0.1, 0.15) is 25.5 Å². The van der Waals surface area contributed by atoms with Gasteiger partial charge in [0.15, 0.2) is 0 Å². The second-order valence-corrected chi connectivity index (χ2v) is 5.24. The van der Waals surface area contributed by atoms with E-state index in [1.807, 2.05) is 13.8 Å². The molecule has 2 rings (SSSR count). The fraction of sp³-hybridized carbons (Fsp3) is 0.333. The van der Waals surface area contributed by atoms with Crippen LogP contribution in [-0.2, 0) is 11.0 Å². The number of nitrogens with zero attached hydrogens (tertiary/aromatic N) is 2. The number of alkyl halides is 3. The predicted molar refractivity (Wildman–Crippen MR) is 76.2 cm³/mol. The number of aromatic nitrogens is 2. The monoisotopic (exact) mass is 311 g/mol. The Kier molecular flexibility index (Phi) is 4.54. The molecule has 0 saturated carbocycles. The Labute approximate surface area is 126 Å². The summed E-state index contributed by atoms with van der Waals surface area (Å²) in [5.74, 6) is -0.212. The molecule has 1 N–H and O–H groups in total. The van der Waals surface area contributed by atoms with Gasteiger partial charge >= 0.3 is 6.18 Å². The summed E-state index contributed by atoms with van der Waals surface area (Å²) >= 11 is 0. The van der Waals surface area contributed by atoms with Crippen molar-refractivity contribution in [1.82, 2.24) is 9.55 Å². The molecule has 22 heavy (non-hydrogen) atoms. The number of hydrogen-bond acceptors (Lipinski definition) is 2. The molecule has 0 aliphatic heterocycles. The fourth-order valence-corrected chi connectivity index (χ4v) is 2.15. The number of halogens is 3. The molecule has 0 saturated heterocycles. The Balaban J connectivity index is 2.14. The summed E-state index contributed by atoms with van der Waals surface area (Å²) in [6, 6.07) is 5.19. The summed E-state index contributed by atoms with van der Waals surface area (Å²) in [5.41, 5.74) is -0.851. The maximum absolute atomic E-state index is 12.5. The van der Waals surface area contributed by atoms with E-state index in [4.69, 9.17) is 0 Å². The zero-order valence-electron chi connectivity index (χ0n) is 12.1. The van der Waals surface area contributed by atoms with Crippen molar-refractivity contribution in [2.24, 2.45) is 5.92 Å². The maximum Gasteiger partial charge on any atom is 0.417 e. The van der Waals surface area contributed by atoms with E-state index in [1.54, 1.807) is 29.1 Å². The first kappa shape index (κ1) is 16.1. The Hall–Kier alpha value is -2.31. The molecule has 7 heteroatoms. The van der Waals surface area contributed by atoms with Crippen LogP contribution in [0.15, 0.2) is 42.9 Å². The molecule has 1 atom stereocenters. The van der Waals surface area contributed by atoms with Crippen LogP contribution in [0.5, 0.6) is 0 Å². The number of carbonyl (C=O) groups excluding carboxylic acids is 1. The minimum absolute atomic E-state index is 0.0156. The van der Waals surface area contributed by atoms with Crippen LogP contribution in [0.4, 0.5) is 19.0 Å². The molecule has 2 aromatic heterocycles. The molecular formula is C15H16F3N3O. The van der Waals surface area contributed by atoms with E-state index >= 15 is 0 Å². The van der Waals surface area contributed by atoms with Gasteiger partial charge in [-0.3, -0.25) is 4.79 Å². The Morgan fingerprint density at radius 2 is 1.86 bits per heavy atom. The van der Waals surface area contributed by atoms with Crippen molar-refractivity contribution in [2.45, 2.75) is 26.1 Å². The fourth-order valence-electron chi connectivity index (χ4n) is 2.15. The van der Waals surface area contributed by atoms with Crippen molar-refractivity contribution in [2.75, 3.05) is 5.32 Å². The van der Waals surface area contributed by atoms with Gasteiger partial charge in [-0.25, -0.2) is 4.98 Å². The van der Waals surface area contributed by atoms with E-state index in [-0.39, 0.29) is 17.6 Å². The zero-order valence-corrected chi connectivity index (χ0v) is 12.1. The van der Waals surface area contributed by atoms with Crippen molar-refractivity contribution >= 4 is 11.7 Å². The summed E-state index contributed by atoms with van der Waals surface area (Å²) in [6.07, 6.45) is -0.203. The maximum atomic E-state index is 12.5. The van der Waals surface area contributed by atoms with Gasteiger partial charge in [0.05, 0.1) is 5.56 Å². The molecule has 0 unspecified atom stereocenters. The molecule has 1 amide bonds. The van der Waals surface area contributed by atoms with E-state index in [1.165, 1.54) is 0 Å². The molecule has 0 aliphatic carbocycles. The smallest absolute Gasteiger partial charge is 0.342 e. The largest absolute Gasteiger partial charge is 0.417 e. The van der Waals surface area contributed by atoms with Crippen LogP contribution in [0, 0.1) is 5.92 Å². The average molecular weight is 311 g/mol. The number of rotatable bonds is 4. The van der Waals surface area contributed by atoms with Gasteiger partial charge in [-0.1, -0.05) is 13.8 Å². The SMILES string of the molecule is CC(C)[C@H](C(=O)Nc1ccc(C(F)(F)F)cn1)n1cccc1. The first-order valence-electron chi connectivity index (χ1n) is 6.75. The van der Waals surface area contributed by atoms with Gasteiger partial charge in [0.2, 0.25) is 5.91 Å². The van der Waals surface area contributed by atoms with Gasteiger partial charge in [-0.05, 0) is 30.2 Å². The molecule has 0 aliphatic rings. The molecule has 0 fully saturated rings. The number of nitrogens with one attached hydrogen (secondary N) is 1. The lowest BCUT2D eigenvalue weighted by atomic mass is 10.0. The lowest BCUT2D eigenvalue weighted by Crippen LogP contribution is -2.29. The lowest BCUT2D eigenvalue weighted by Gasteiger charge is -2.21. The molecule has 118 valence electrons. The second kappa shape index (κ2) is 6.21. The third kappa shape index (κ3) is 3.66. The molecule has 0 radical (unpaired) electrons. The van der Waals surface area contributed by atoms with E-state index in [0.717, 1.165) is 12.1 Å². The van der Waals surface area contributed by atoms with Crippen molar-refractivity contribution < 1.29 is 18.0 Å². The van der Waals surface area contributed by atoms with Gasteiger partial charge in [-0.15, -0.1) is 0 Å². The third-order valence-electron chi connectivity index (χ3n) is 3.19. The summed E-state index contributed by atoms with van der Waals surface area (Å²) in [4.78, 5) is 16.0. The molecule has 0 bridgehead atoms. The first-order chi connectivity index (χ1) is 10.3. The summed E-state index contributed by atoms with van der Waals surface area (Å²) in [5, 5.41) is 2.55. The number of carbonyl (C=O) groups is 1. The first-order valence-corrected chi connectivity index (χ1v) is 6.75. The van der Waals surface area contributed by atoms with Gasteiger partial charge < -0.3 is 9.88 Å². The molecule has 4 nitrogen and oxygen atoms in total. The normalized spacial score (nSPS) is 13.2. The highest BCUT2D eigenvalue weighted by molar-refractivity contribution is 5.93. The Bertz CT molecular complexity index is 618. The number of pyridine rings is 1. The topological polar surface area (TPSA) is 46.9 Å². The van der Waals surface area contributed by atoms with Crippen LogP contribution in [-0.4, -0.2) is 15.5 Å². The van der Waals surface area contributed by atoms with Gasteiger partial charge in [0, 0.05) is 18.6 Å². The van der Waals surface area contributed by atoms with Crippen molar-refractivity contribution in [3.8, 4) is 0 Å². The van der Waals surface area contributed by atoms with Crippen LogP contribution >= 0.6 is 0 Å². The second-order valence-electron chi connectivity index (χ2n) is 5.24. The van der Waals surface area contributed by atoms with Gasteiger partial charge in [-0.2, -0.15) is 13.2 Å². The number of hydrogen-bond donors (Lipinski definition) is 1. The molecule has 0 aromatic carbocycles. The highest BCUT2D eigenvalue weighted by Gasteiger charge is 2.31. The van der Waals surface area contributed by atoms with Crippen LogP contribution in [0.3, 0.4) is 0 Å². The zero-order chi connectivity index (χ0) is 16.3. The van der Waals surface area contributed by atoms with Crippen LogP contribution in [0.2, 0.25) is 0 Å². The van der Waals surface area contributed by atoms with E-state index < -0.39 is 17.8 Å². The highest BCUT2D eigenvalue weighted by atomic mass is 19.4. The standard InChI is InChI=1S/C15H16F3N3O/c1-10(2)13(21-7-3-4-8-21)14(22)20-12-6-5-11(9-19-12)15(16,17)18/h3-10,13H,1-2H3,(H,19,20,22)/t13-/m1/s1. The van der Waals surface area contributed by atoms with Gasteiger partial charge in [0.25, 0.3) is 0 Å². The van der Waals surface area contributed by atoms with E-state index in [2.05, 4.69) is 10.3 Å². The van der Waals surface area contributed by atoms with Crippen molar-refractivity contribution in [3.05, 3.63) is 48.4 Å². The molecule has 2 aromatic rings. The van der Waals surface area contributed by atoms with Crippen molar-refractivity contribution in [1.29, 1.82) is 0 Å². The predicted octanol–water partition coefficient (Wildman–Crippen LogP) is 3.74. The quantitative estimate of drug-likeness (QED) is 0.935.